The van der Waals surface area contributed by atoms with E-state index in [1.807, 2.05) is 13.8 Å². The van der Waals surface area contributed by atoms with Gasteiger partial charge in [0.1, 0.15) is 0 Å². The molecule has 1 amide bonds. The summed E-state index contributed by atoms with van der Waals surface area (Å²) in [6.07, 6.45) is 5.55. The number of carbonyl (C=O) groups excluding carboxylic acids is 1. The van der Waals surface area contributed by atoms with Crippen LogP contribution in [0.15, 0.2) is 66.5 Å². The summed E-state index contributed by atoms with van der Waals surface area (Å²) >= 11 is 0. The van der Waals surface area contributed by atoms with Gasteiger partial charge in [0.15, 0.2) is 0 Å². The van der Waals surface area contributed by atoms with Gasteiger partial charge in [-0.1, -0.05) is 59.7 Å². The van der Waals surface area contributed by atoms with E-state index in [2.05, 4.69) is 71.2 Å². The van der Waals surface area contributed by atoms with Crippen molar-refractivity contribution in [2.24, 2.45) is 0 Å². The Morgan fingerprint density at radius 2 is 1.66 bits per heavy atom. The van der Waals surface area contributed by atoms with Crippen molar-refractivity contribution in [2.45, 2.75) is 46.2 Å². The van der Waals surface area contributed by atoms with Crippen LogP contribution in [0, 0.1) is 6.92 Å². The minimum atomic E-state index is -0.0987. The molecule has 0 radical (unpaired) electrons. The molecule has 0 bridgehead atoms. The summed E-state index contributed by atoms with van der Waals surface area (Å²) in [6, 6.07) is 17.4. The fourth-order valence-corrected chi connectivity index (χ4v) is 4.23. The molecule has 2 N–H and O–H groups in total. The third-order valence-corrected chi connectivity index (χ3v) is 6.17. The second-order valence-corrected chi connectivity index (χ2v) is 8.50. The molecule has 1 aromatic heterocycles. The Hall–Kier alpha value is -3.18. The topological polar surface area (TPSA) is 59.0 Å². The van der Waals surface area contributed by atoms with Crippen molar-refractivity contribution in [3.8, 4) is 0 Å². The van der Waals surface area contributed by atoms with Crippen LogP contribution in [0.2, 0.25) is 0 Å². The van der Waals surface area contributed by atoms with Crippen molar-refractivity contribution >= 4 is 11.5 Å². The molecule has 3 aromatic rings. The van der Waals surface area contributed by atoms with Crippen molar-refractivity contribution < 1.29 is 4.79 Å². The standard InChI is InChI=1S/C27H32N4O/c1-4-31-18-25(17-29-31)27(32)30-20(3)21-9-11-23(12-10-21)26(24-13-15-28-16-14-24)22-7-5-19(2)6-8-22/h5-12,17-18,20,28H,4,13-16H2,1-3H3,(H,30,32). The quantitative estimate of drug-likeness (QED) is 0.588. The Balaban J connectivity index is 1.56. The van der Waals surface area contributed by atoms with Crippen molar-refractivity contribution in [3.05, 3.63) is 94.3 Å². The van der Waals surface area contributed by atoms with Gasteiger partial charge >= 0.3 is 0 Å². The van der Waals surface area contributed by atoms with Crippen LogP contribution >= 0.6 is 0 Å². The summed E-state index contributed by atoms with van der Waals surface area (Å²) in [5, 5.41) is 10.7. The van der Waals surface area contributed by atoms with Crippen LogP contribution in [-0.4, -0.2) is 28.8 Å². The van der Waals surface area contributed by atoms with Gasteiger partial charge < -0.3 is 10.6 Å². The second kappa shape index (κ2) is 9.96. The molecule has 2 aromatic carbocycles. The molecule has 1 saturated heterocycles. The summed E-state index contributed by atoms with van der Waals surface area (Å²) < 4.78 is 1.76. The molecule has 1 unspecified atom stereocenters. The van der Waals surface area contributed by atoms with Crippen LogP contribution in [0.25, 0.3) is 5.57 Å². The molecule has 1 fully saturated rings. The van der Waals surface area contributed by atoms with Gasteiger partial charge in [-0.05, 0) is 69.0 Å². The van der Waals surface area contributed by atoms with Crippen LogP contribution in [0.4, 0.5) is 0 Å². The Morgan fingerprint density at radius 1 is 1.03 bits per heavy atom. The Kier molecular flexibility index (Phi) is 6.86. The highest BCUT2D eigenvalue weighted by Gasteiger charge is 2.17. The van der Waals surface area contributed by atoms with Gasteiger partial charge in [0.25, 0.3) is 5.91 Å². The minimum Gasteiger partial charge on any atom is -0.345 e. The number of aryl methyl sites for hydroxylation is 2. The molecule has 4 rings (SSSR count). The van der Waals surface area contributed by atoms with Crippen LogP contribution in [-0.2, 0) is 6.54 Å². The number of rotatable bonds is 6. The minimum absolute atomic E-state index is 0.0871. The second-order valence-electron chi connectivity index (χ2n) is 8.50. The predicted octanol–water partition coefficient (Wildman–Crippen LogP) is 4.89. The highest BCUT2D eigenvalue weighted by Crippen LogP contribution is 2.32. The van der Waals surface area contributed by atoms with E-state index in [0.717, 1.165) is 38.0 Å². The van der Waals surface area contributed by atoms with E-state index in [4.69, 9.17) is 0 Å². The molecule has 1 aliphatic heterocycles. The highest BCUT2D eigenvalue weighted by atomic mass is 16.1. The van der Waals surface area contributed by atoms with E-state index in [0.29, 0.717) is 5.56 Å². The first kappa shape index (κ1) is 22.0. The number of aromatic nitrogens is 2. The van der Waals surface area contributed by atoms with Crippen LogP contribution in [0.5, 0.6) is 0 Å². The first-order valence-electron chi connectivity index (χ1n) is 11.5. The number of nitrogens with one attached hydrogen (secondary N) is 2. The van der Waals surface area contributed by atoms with E-state index in [1.165, 1.54) is 27.8 Å². The van der Waals surface area contributed by atoms with Crippen LogP contribution < -0.4 is 10.6 Å². The molecular weight excluding hydrogens is 396 g/mol. The zero-order valence-corrected chi connectivity index (χ0v) is 19.2. The van der Waals surface area contributed by atoms with Gasteiger partial charge in [0.2, 0.25) is 0 Å². The maximum absolute atomic E-state index is 12.6. The molecule has 166 valence electrons. The lowest BCUT2D eigenvalue weighted by atomic mass is 9.88. The van der Waals surface area contributed by atoms with Crippen molar-refractivity contribution in [2.75, 3.05) is 13.1 Å². The van der Waals surface area contributed by atoms with E-state index in [-0.39, 0.29) is 11.9 Å². The third-order valence-electron chi connectivity index (χ3n) is 6.17. The first-order chi connectivity index (χ1) is 15.5. The van der Waals surface area contributed by atoms with Crippen molar-refractivity contribution in [3.63, 3.8) is 0 Å². The molecular formula is C27H32N4O. The van der Waals surface area contributed by atoms with Gasteiger partial charge in [0.05, 0.1) is 17.8 Å². The van der Waals surface area contributed by atoms with Gasteiger partial charge in [-0.15, -0.1) is 0 Å². The number of hydrogen-bond acceptors (Lipinski definition) is 3. The van der Waals surface area contributed by atoms with E-state index in [9.17, 15) is 4.79 Å². The van der Waals surface area contributed by atoms with E-state index >= 15 is 0 Å². The van der Waals surface area contributed by atoms with Crippen LogP contribution in [0.3, 0.4) is 0 Å². The summed E-state index contributed by atoms with van der Waals surface area (Å²) in [5.74, 6) is -0.0987. The van der Waals surface area contributed by atoms with Gasteiger partial charge in [-0.2, -0.15) is 5.10 Å². The van der Waals surface area contributed by atoms with Gasteiger partial charge in [0, 0.05) is 12.7 Å². The smallest absolute Gasteiger partial charge is 0.254 e. The maximum atomic E-state index is 12.6. The van der Waals surface area contributed by atoms with Gasteiger partial charge in [-0.3, -0.25) is 9.48 Å². The fraction of sp³-hybridized carbons (Fsp3) is 0.333. The Morgan fingerprint density at radius 3 is 2.25 bits per heavy atom. The number of piperidine rings is 1. The Labute approximate surface area is 190 Å². The third kappa shape index (κ3) is 5.00. The number of hydrogen-bond donors (Lipinski definition) is 2. The predicted molar refractivity (Wildman–Crippen MR) is 130 cm³/mol. The fourth-order valence-electron chi connectivity index (χ4n) is 4.23. The normalized spacial score (nSPS) is 14.8. The summed E-state index contributed by atoms with van der Waals surface area (Å²) in [7, 11) is 0. The zero-order chi connectivity index (χ0) is 22.5. The molecule has 1 atom stereocenters. The van der Waals surface area contributed by atoms with Crippen molar-refractivity contribution in [1.29, 1.82) is 0 Å². The molecule has 2 heterocycles. The lowest BCUT2D eigenvalue weighted by Gasteiger charge is -2.22. The lowest BCUT2D eigenvalue weighted by molar-refractivity contribution is 0.0940. The molecule has 5 nitrogen and oxygen atoms in total. The largest absolute Gasteiger partial charge is 0.345 e. The molecule has 1 aliphatic rings. The molecule has 0 spiro atoms. The van der Waals surface area contributed by atoms with Crippen molar-refractivity contribution in [1.82, 2.24) is 20.4 Å². The number of benzene rings is 2. The summed E-state index contributed by atoms with van der Waals surface area (Å²) in [5.41, 5.74) is 8.31. The molecule has 0 aliphatic carbocycles. The molecule has 32 heavy (non-hydrogen) atoms. The molecule has 0 saturated carbocycles. The van der Waals surface area contributed by atoms with E-state index in [1.54, 1.807) is 17.1 Å². The summed E-state index contributed by atoms with van der Waals surface area (Å²) in [4.78, 5) is 12.6. The maximum Gasteiger partial charge on any atom is 0.254 e. The SMILES string of the molecule is CCn1cc(C(=O)NC(C)c2ccc(C(=C3CCNCC3)c3ccc(C)cc3)cc2)cn1. The Bertz CT molecular complexity index is 1090. The van der Waals surface area contributed by atoms with Crippen LogP contribution in [0.1, 0.15) is 65.3 Å². The number of carbonyl (C=O) groups is 1. The number of amides is 1. The van der Waals surface area contributed by atoms with Gasteiger partial charge in [-0.25, -0.2) is 0 Å². The first-order valence-corrected chi connectivity index (χ1v) is 11.5. The highest BCUT2D eigenvalue weighted by molar-refractivity contribution is 5.94. The average molecular weight is 429 g/mol. The monoisotopic (exact) mass is 428 g/mol. The van der Waals surface area contributed by atoms with E-state index < -0.39 is 0 Å². The molecule has 5 heteroatoms. The summed E-state index contributed by atoms with van der Waals surface area (Å²) in [6.45, 7) is 8.95. The zero-order valence-electron chi connectivity index (χ0n) is 19.2. The number of nitrogens with zero attached hydrogens (tertiary/aromatic N) is 2. The average Bonchev–Trinajstić information content (AvgIpc) is 3.31. The lowest BCUT2D eigenvalue weighted by Crippen LogP contribution is -2.26.